The number of nitrogens with zero attached hydrogens (tertiary/aromatic N) is 3. The van der Waals surface area contributed by atoms with Crippen LogP contribution in [0.2, 0.25) is 0 Å². The van der Waals surface area contributed by atoms with E-state index in [2.05, 4.69) is 0 Å². The molecule has 2 aliphatic rings. The van der Waals surface area contributed by atoms with Crippen LogP contribution < -0.4 is 15.1 Å². The van der Waals surface area contributed by atoms with Gasteiger partial charge in [0.2, 0.25) is 0 Å². The molecule has 2 amide bonds. The first-order chi connectivity index (χ1) is 15.3. The molecule has 176 valence electrons. The molecule has 2 fully saturated rings. The molecule has 1 aromatic carbocycles. The van der Waals surface area contributed by atoms with E-state index in [4.69, 9.17) is 21.7 Å². The summed E-state index contributed by atoms with van der Waals surface area (Å²) in [5.74, 6) is -1.93. The van der Waals surface area contributed by atoms with Crippen LogP contribution in [0.15, 0.2) is 18.2 Å². The van der Waals surface area contributed by atoms with Gasteiger partial charge in [-0.05, 0) is 36.8 Å². The van der Waals surface area contributed by atoms with Crippen LogP contribution in [0.1, 0.15) is 13.3 Å². The summed E-state index contributed by atoms with van der Waals surface area (Å²) >= 11 is 5.27. The Balaban J connectivity index is 1.57. The predicted molar refractivity (Wildman–Crippen MR) is 116 cm³/mol. The van der Waals surface area contributed by atoms with E-state index < -0.39 is 30.3 Å². The van der Waals surface area contributed by atoms with Gasteiger partial charge in [-0.3, -0.25) is 9.69 Å². The maximum absolute atomic E-state index is 14.9. The minimum absolute atomic E-state index is 0.00895. The highest BCUT2D eigenvalue weighted by atomic mass is 32.1. The maximum Gasteiger partial charge on any atom is 0.414 e. The van der Waals surface area contributed by atoms with Crippen molar-refractivity contribution in [2.24, 2.45) is 0 Å². The van der Waals surface area contributed by atoms with Crippen molar-refractivity contribution in [3.05, 3.63) is 24.0 Å². The van der Waals surface area contributed by atoms with E-state index in [0.717, 1.165) is 6.42 Å². The molecule has 0 aliphatic carbocycles. The van der Waals surface area contributed by atoms with Crippen LogP contribution in [0, 0.1) is 5.82 Å². The summed E-state index contributed by atoms with van der Waals surface area (Å²) in [6.45, 7) is 4.65. The van der Waals surface area contributed by atoms with Gasteiger partial charge in [-0.15, -0.1) is 0 Å². The number of nitrogens with one attached hydrogen (secondary N) is 1. The molecule has 0 aromatic heterocycles. The number of alkyl halides is 2. The molecule has 0 spiro atoms. The fourth-order valence-corrected chi connectivity index (χ4v) is 3.73. The van der Waals surface area contributed by atoms with Crippen LogP contribution >= 0.6 is 12.2 Å². The second-order valence-corrected chi connectivity index (χ2v) is 7.74. The molecule has 2 heterocycles. The smallest absolute Gasteiger partial charge is 0.414 e. The molecule has 0 radical (unpaired) electrons. The number of hydrogen-bond donors (Lipinski definition) is 1. The van der Waals surface area contributed by atoms with Gasteiger partial charge in [0.25, 0.3) is 11.1 Å². The van der Waals surface area contributed by atoms with Crippen LogP contribution in [0.4, 0.5) is 29.3 Å². The summed E-state index contributed by atoms with van der Waals surface area (Å²) in [5, 5.41) is 2.46. The number of benzene rings is 1. The van der Waals surface area contributed by atoms with E-state index in [1.165, 1.54) is 11.0 Å². The fraction of sp³-hybridized carbons (Fsp3) is 0.550. The number of carbonyl (C=O) groups is 2. The van der Waals surface area contributed by atoms with Gasteiger partial charge in [0.1, 0.15) is 11.9 Å². The predicted octanol–water partition coefficient (Wildman–Crippen LogP) is 2.37. The highest BCUT2D eigenvalue weighted by Gasteiger charge is 2.33. The Labute approximate surface area is 189 Å². The Morgan fingerprint density at radius 1 is 1.31 bits per heavy atom. The number of thiocarbonyl (C=S) groups is 1. The molecule has 1 unspecified atom stereocenters. The summed E-state index contributed by atoms with van der Waals surface area (Å²) in [6, 6.07) is 4.42. The molecule has 3 rings (SSSR count). The third-order valence-corrected chi connectivity index (χ3v) is 5.50. The number of cyclic esters (lactones) is 1. The minimum Gasteiger partial charge on any atom is -0.471 e. The van der Waals surface area contributed by atoms with Gasteiger partial charge in [-0.1, -0.05) is 6.92 Å². The molecule has 12 heteroatoms. The average molecular weight is 475 g/mol. The number of rotatable bonds is 7. The number of anilines is 2. The second-order valence-electron chi connectivity index (χ2n) is 7.39. The van der Waals surface area contributed by atoms with Crippen LogP contribution in [-0.2, 0) is 14.3 Å². The topological polar surface area (TPSA) is 74.3 Å². The van der Waals surface area contributed by atoms with Crippen molar-refractivity contribution in [3.63, 3.8) is 0 Å². The minimum atomic E-state index is -3.15. The molecule has 0 bridgehead atoms. The molecular formula is C20H25F3N4O4S. The number of ether oxygens (including phenoxy) is 2. The average Bonchev–Trinajstić information content (AvgIpc) is 3.16. The lowest BCUT2D eigenvalue weighted by atomic mass is 10.2. The van der Waals surface area contributed by atoms with Crippen LogP contribution in [0.25, 0.3) is 0 Å². The maximum atomic E-state index is 14.9. The van der Waals surface area contributed by atoms with E-state index in [0.29, 0.717) is 43.6 Å². The van der Waals surface area contributed by atoms with Gasteiger partial charge in [0.05, 0.1) is 31.1 Å². The first kappa shape index (κ1) is 23.9. The van der Waals surface area contributed by atoms with E-state index in [-0.39, 0.29) is 18.8 Å². The van der Waals surface area contributed by atoms with Crippen molar-refractivity contribution >= 4 is 40.8 Å². The molecule has 1 aromatic rings. The molecule has 32 heavy (non-hydrogen) atoms. The Hall–Kier alpha value is -2.76. The summed E-state index contributed by atoms with van der Waals surface area (Å²) < 4.78 is 50.0. The third kappa shape index (κ3) is 5.72. The zero-order valence-corrected chi connectivity index (χ0v) is 18.4. The molecule has 2 aliphatic heterocycles. The Bertz CT molecular complexity index is 852. The Kier molecular flexibility index (Phi) is 7.99. The number of piperazine rings is 1. The zero-order chi connectivity index (χ0) is 23.3. The lowest BCUT2D eigenvalue weighted by Crippen LogP contribution is -2.49. The highest BCUT2D eigenvalue weighted by molar-refractivity contribution is 7.80. The van der Waals surface area contributed by atoms with Crippen molar-refractivity contribution in [1.29, 1.82) is 0 Å². The lowest BCUT2D eigenvalue weighted by molar-refractivity contribution is -0.132. The first-order valence-electron chi connectivity index (χ1n) is 10.3. The Morgan fingerprint density at radius 3 is 2.66 bits per heavy atom. The van der Waals surface area contributed by atoms with Gasteiger partial charge in [0, 0.05) is 26.2 Å². The summed E-state index contributed by atoms with van der Waals surface area (Å²) in [6.07, 6.45) is -3.82. The largest absolute Gasteiger partial charge is 0.471 e. The van der Waals surface area contributed by atoms with Crippen molar-refractivity contribution in [2.45, 2.75) is 25.9 Å². The molecule has 1 atom stereocenters. The lowest BCUT2D eigenvalue weighted by Gasteiger charge is -2.37. The SMILES string of the molecule is CCCOC(=S)N1CCN(c2ccc(N3CC(CNC(=O)C(F)F)OC3=O)cc2F)CC1. The zero-order valence-electron chi connectivity index (χ0n) is 17.6. The summed E-state index contributed by atoms with van der Waals surface area (Å²) in [7, 11) is 0. The van der Waals surface area contributed by atoms with Gasteiger partial charge >= 0.3 is 12.5 Å². The van der Waals surface area contributed by atoms with Crippen LogP contribution in [-0.4, -0.2) is 80.5 Å². The van der Waals surface area contributed by atoms with Crippen LogP contribution in [0.5, 0.6) is 0 Å². The van der Waals surface area contributed by atoms with E-state index in [1.807, 2.05) is 22.0 Å². The molecule has 0 saturated carbocycles. The van der Waals surface area contributed by atoms with Gasteiger partial charge in [-0.2, -0.15) is 8.78 Å². The normalized spacial score (nSPS) is 18.7. The second kappa shape index (κ2) is 10.7. The monoisotopic (exact) mass is 474 g/mol. The first-order valence-corrected chi connectivity index (χ1v) is 10.7. The molecule has 1 N–H and O–H groups in total. The third-order valence-electron chi connectivity index (χ3n) is 5.13. The quantitative estimate of drug-likeness (QED) is 0.609. The van der Waals surface area contributed by atoms with Gasteiger partial charge in [0.15, 0.2) is 0 Å². The standard InChI is InChI=1S/C20H25F3N4O4S/c1-2-9-30-20(32)26-7-5-25(6-8-26)16-4-3-13(10-15(16)21)27-12-14(31-19(27)29)11-24-18(28)17(22)23/h3-4,10,14,17H,2,5-9,11-12H2,1H3,(H,24,28). The van der Waals surface area contributed by atoms with Crippen molar-refractivity contribution in [1.82, 2.24) is 10.2 Å². The Morgan fingerprint density at radius 2 is 2.03 bits per heavy atom. The van der Waals surface area contributed by atoms with E-state index >= 15 is 0 Å². The number of hydrogen-bond acceptors (Lipinski definition) is 6. The number of halogens is 3. The van der Waals surface area contributed by atoms with Crippen molar-refractivity contribution in [2.75, 3.05) is 55.7 Å². The summed E-state index contributed by atoms with van der Waals surface area (Å²) in [4.78, 5) is 28.1. The van der Waals surface area contributed by atoms with Crippen molar-refractivity contribution < 1.29 is 32.2 Å². The highest BCUT2D eigenvalue weighted by Crippen LogP contribution is 2.28. The van der Waals surface area contributed by atoms with E-state index in [9.17, 15) is 22.8 Å². The van der Waals surface area contributed by atoms with Crippen LogP contribution in [0.3, 0.4) is 0 Å². The van der Waals surface area contributed by atoms with Gasteiger partial charge in [-0.25, -0.2) is 9.18 Å². The van der Waals surface area contributed by atoms with Crippen molar-refractivity contribution in [3.8, 4) is 0 Å². The van der Waals surface area contributed by atoms with Gasteiger partial charge < -0.3 is 24.6 Å². The summed E-state index contributed by atoms with van der Waals surface area (Å²) in [5.41, 5.74) is 0.689. The molecule has 2 saturated heterocycles. The molecular weight excluding hydrogens is 449 g/mol. The fourth-order valence-electron chi connectivity index (χ4n) is 3.46. The molecule has 8 nitrogen and oxygen atoms in total. The number of amides is 2. The number of carbonyl (C=O) groups excluding carboxylic acids is 2. The van der Waals surface area contributed by atoms with E-state index in [1.54, 1.807) is 12.1 Å².